The molecule has 0 saturated heterocycles. The zero-order chi connectivity index (χ0) is 13.3. The Hall–Kier alpha value is -2.24. The zero-order valence-electron chi connectivity index (χ0n) is 9.65. The minimum absolute atomic E-state index is 0.0485. The summed E-state index contributed by atoms with van der Waals surface area (Å²) in [7, 11) is 1.61. The molecule has 1 aromatic carbocycles. The summed E-state index contributed by atoms with van der Waals surface area (Å²) >= 11 is 0. The van der Waals surface area contributed by atoms with Crippen LogP contribution in [0, 0.1) is 11.6 Å². The second-order valence-corrected chi connectivity index (χ2v) is 3.92. The van der Waals surface area contributed by atoms with Crippen molar-refractivity contribution in [2.24, 2.45) is 7.05 Å². The molecule has 6 heteroatoms. The Morgan fingerprint density at radius 2 is 2.11 bits per heavy atom. The number of carbonyl (C=O) groups is 1. The van der Waals surface area contributed by atoms with Crippen LogP contribution in [0.1, 0.15) is 15.9 Å². The van der Waals surface area contributed by atoms with Gasteiger partial charge in [0.2, 0.25) is 0 Å². The first-order valence-electron chi connectivity index (χ1n) is 5.23. The van der Waals surface area contributed by atoms with Crippen LogP contribution in [0.25, 0.3) is 0 Å². The Morgan fingerprint density at radius 1 is 1.39 bits per heavy atom. The first-order chi connectivity index (χ1) is 8.49. The van der Waals surface area contributed by atoms with Crippen LogP contribution in [0.4, 0.5) is 14.6 Å². The third-order valence-corrected chi connectivity index (χ3v) is 2.63. The van der Waals surface area contributed by atoms with Gasteiger partial charge in [0.15, 0.2) is 17.4 Å². The molecule has 0 spiro atoms. The Labute approximate surface area is 102 Å². The number of hydrogen-bond acceptors (Lipinski definition) is 3. The molecular weight excluding hydrogens is 240 g/mol. The molecule has 1 aromatic heterocycles. The lowest BCUT2D eigenvalue weighted by Gasteiger charge is -2.02. The molecular formula is C12H11F2N3O. The molecule has 0 aliphatic carbocycles. The molecule has 0 saturated carbocycles. The maximum absolute atomic E-state index is 13.0. The van der Waals surface area contributed by atoms with Crippen molar-refractivity contribution in [1.82, 2.24) is 9.78 Å². The van der Waals surface area contributed by atoms with E-state index in [4.69, 9.17) is 5.73 Å². The summed E-state index contributed by atoms with van der Waals surface area (Å²) in [5.74, 6) is -1.94. The molecule has 2 N–H and O–H groups in total. The van der Waals surface area contributed by atoms with Crippen molar-refractivity contribution in [2.75, 3.05) is 5.73 Å². The molecule has 0 atom stereocenters. The summed E-state index contributed by atoms with van der Waals surface area (Å²) in [4.78, 5) is 11.9. The van der Waals surface area contributed by atoms with E-state index in [0.717, 1.165) is 12.1 Å². The van der Waals surface area contributed by atoms with Gasteiger partial charge in [-0.1, -0.05) is 6.07 Å². The quantitative estimate of drug-likeness (QED) is 0.845. The summed E-state index contributed by atoms with van der Waals surface area (Å²) in [5.41, 5.74) is 6.33. The minimum Gasteiger partial charge on any atom is -0.383 e. The Bertz CT molecular complexity index is 607. The fourth-order valence-corrected chi connectivity index (χ4v) is 1.59. The largest absolute Gasteiger partial charge is 0.383 e. The van der Waals surface area contributed by atoms with Gasteiger partial charge in [0.05, 0.1) is 11.8 Å². The van der Waals surface area contributed by atoms with Crippen LogP contribution in [0.5, 0.6) is 0 Å². The van der Waals surface area contributed by atoms with E-state index in [2.05, 4.69) is 5.10 Å². The summed E-state index contributed by atoms with van der Waals surface area (Å²) in [6.45, 7) is 0. The van der Waals surface area contributed by atoms with Gasteiger partial charge in [-0.05, 0) is 17.7 Å². The smallest absolute Gasteiger partial charge is 0.172 e. The molecule has 0 aliphatic rings. The number of ketones is 1. The predicted octanol–water partition coefficient (Wildman–Crippen LogP) is 1.71. The molecule has 2 aromatic rings. The molecule has 0 fully saturated rings. The van der Waals surface area contributed by atoms with Gasteiger partial charge < -0.3 is 5.73 Å². The lowest BCUT2D eigenvalue weighted by molar-refractivity contribution is 0.0993. The number of nitrogens with two attached hydrogens (primary N) is 1. The highest BCUT2D eigenvalue weighted by molar-refractivity contribution is 6.01. The third-order valence-electron chi connectivity index (χ3n) is 2.63. The minimum atomic E-state index is -0.973. The predicted molar refractivity (Wildman–Crippen MR) is 62.0 cm³/mol. The van der Waals surface area contributed by atoms with E-state index in [9.17, 15) is 13.6 Å². The fraction of sp³-hybridized carbons (Fsp3) is 0.167. The summed E-state index contributed by atoms with van der Waals surface area (Å²) in [6, 6.07) is 3.35. The van der Waals surface area contributed by atoms with Crippen LogP contribution in [0.2, 0.25) is 0 Å². The molecule has 2 rings (SSSR count). The lowest BCUT2D eigenvalue weighted by Crippen LogP contribution is -2.07. The number of carbonyl (C=O) groups excluding carboxylic acids is 1. The number of halogens is 2. The fourth-order valence-electron chi connectivity index (χ4n) is 1.59. The van der Waals surface area contributed by atoms with Crippen molar-refractivity contribution in [2.45, 2.75) is 6.42 Å². The number of anilines is 1. The number of nitrogen functional groups attached to an aromatic ring is 1. The lowest BCUT2D eigenvalue weighted by atomic mass is 10.0. The first kappa shape index (κ1) is 12.2. The first-order valence-corrected chi connectivity index (χ1v) is 5.23. The molecule has 0 bridgehead atoms. The molecule has 4 nitrogen and oxygen atoms in total. The van der Waals surface area contributed by atoms with Crippen molar-refractivity contribution in [1.29, 1.82) is 0 Å². The van der Waals surface area contributed by atoms with Gasteiger partial charge in [-0.3, -0.25) is 9.48 Å². The van der Waals surface area contributed by atoms with Crippen LogP contribution in [-0.4, -0.2) is 15.6 Å². The molecule has 0 amide bonds. The van der Waals surface area contributed by atoms with Crippen LogP contribution in [-0.2, 0) is 13.5 Å². The zero-order valence-corrected chi connectivity index (χ0v) is 9.65. The van der Waals surface area contributed by atoms with Gasteiger partial charge in [-0.15, -0.1) is 0 Å². The van der Waals surface area contributed by atoms with E-state index >= 15 is 0 Å². The van der Waals surface area contributed by atoms with E-state index < -0.39 is 11.6 Å². The van der Waals surface area contributed by atoms with Crippen molar-refractivity contribution >= 4 is 11.6 Å². The number of aryl methyl sites for hydroxylation is 1. The molecule has 94 valence electrons. The van der Waals surface area contributed by atoms with Crippen molar-refractivity contribution < 1.29 is 13.6 Å². The number of aromatic nitrogens is 2. The number of hydrogen-bond donors (Lipinski definition) is 1. The number of benzene rings is 1. The Balaban J connectivity index is 2.21. The second kappa shape index (κ2) is 4.56. The van der Waals surface area contributed by atoms with E-state index in [-0.39, 0.29) is 23.6 Å². The summed E-state index contributed by atoms with van der Waals surface area (Å²) in [5, 5.41) is 3.85. The van der Waals surface area contributed by atoms with E-state index in [0.29, 0.717) is 5.56 Å². The maximum atomic E-state index is 13.0. The van der Waals surface area contributed by atoms with Gasteiger partial charge in [0.1, 0.15) is 5.82 Å². The SMILES string of the molecule is Cn1ncc(C(=O)Cc2ccc(F)c(F)c2)c1N. The van der Waals surface area contributed by atoms with E-state index in [1.165, 1.54) is 16.9 Å². The van der Waals surface area contributed by atoms with Crippen molar-refractivity contribution in [3.8, 4) is 0 Å². The normalized spacial score (nSPS) is 10.6. The van der Waals surface area contributed by atoms with Crippen molar-refractivity contribution in [3.05, 3.63) is 47.2 Å². The number of rotatable bonds is 3. The van der Waals surface area contributed by atoms with Gasteiger partial charge in [-0.25, -0.2) is 8.78 Å². The van der Waals surface area contributed by atoms with Gasteiger partial charge in [0, 0.05) is 13.5 Å². The molecule has 1 heterocycles. The molecule has 0 unspecified atom stereocenters. The van der Waals surface area contributed by atoms with Crippen LogP contribution in [0.3, 0.4) is 0 Å². The highest BCUT2D eigenvalue weighted by Crippen LogP contribution is 2.15. The van der Waals surface area contributed by atoms with Crippen LogP contribution in [0.15, 0.2) is 24.4 Å². The monoisotopic (exact) mass is 251 g/mol. The number of Topliss-reactive ketones (excluding diaryl/α,β-unsaturated/α-hetero) is 1. The molecule has 0 radical (unpaired) electrons. The van der Waals surface area contributed by atoms with Crippen LogP contribution >= 0.6 is 0 Å². The highest BCUT2D eigenvalue weighted by Gasteiger charge is 2.15. The van der Waals surface area contributed by atoms with Gasteiger partial charge in [0.25, 0.3) is 0 Å². The standard InChI is InChI=1S/C12H11F2N3O/c1-17-12(15)8(6-16-17)11(18)5-7-2-3-9(13)10(14)4-7/h2-4,6H,5,15H2,1H3. The Kier molecular flexibility index (Phi) is 3.10. The van der Waals surface area contributed by atoms with E-state index in [1.54, 1.807) is 7.05 Å². The third kappa shape index (κ3) is 2.22. The van der Waals surface area contributed by atoms with E-state index in [1.807, 2.05) is 0 Å². The van der Waals surface area contributed by atoms with Gasteiger partial charge >= 0.3 is 0 Å². The van der Waals surface area contributed by atoms with Crippen molar-refractivity contribution in [3.63, 3.8) is 0 Å². The summed E-state index contributed by atoms with van der Waals surface area (Å²) in [6.07, 6.45) is 1.31. The Morgan fingerprint density at radius 3 is 2.67 bits per heavy atom. The topological polar surface area (TPSA) is 60.9 Å². The maximum Gasteiger partial charge on any atom is 0.172 e. The average molecular weight is 251 g/mol. The number of nitrogens with zero attached hydrogens (tertiary/aromatic N) is 2. The second-order valence-electron chi connectivity index (χ2n) is 3.92. The highest BCUT2D eigenvalue weighted by atomic mass is 19.2. The molecule has 18 heavy (non-hydrogen) atoms. The average Bonchev–Trinajstić information content (AvgIpc) is 2.65. The van der Waals surface area contributed by atoms with Crippen LogP contribution < -0.4 is 5.73 Å². The molecule has 0 aliphatic heterocycles. The van der Waals surface area contributed by atoms with Gasteiger partial charge in [-0.2, -0.15) is 5.10 Å². The summed E-state index contributed by atoms with van der Waals surface area (Å²) < 4.78 is 27.1.